The number of hydrogen-bond donors (Lipinski definition) is 2. The first-order valence-electron chi connectivity index (χ1n) is 10.7. The minimum absolute atomic E-state index is 0.0155. The Balaban J connectivity index is 1.54. The van der Waals surface area contributed by atoms with E-state index in [4.69, 9.17) is 4.74 Å². The fraction of sp³-hybridized carbons (Fsp3) is 0.682. The molecule has 2 N–H and O–H groups in total. The number of aromatic nitrogens is 1. The summed E-state index contributed by atoms with van der Waals surface area (Å²) in [6.45, 7) is 5.18. The number of nitrogens with one attached hydrogen (secondary N) is 2. The second-order valence-electron chi connectivity index (χ2n) is 8.15. The third kappa shape index (κ3) is 5.31. The van der Waals surface area contributed by atoms with Crippen molar-refractivity contribution in [2.24, 2.45) is 11.8 Å². The molecule has 1 aromatic rings. The third-order valence-corrected chi connectivity index (χ3v) is 6.05. The highest BCUT2D eigenvalue weighted by Gasteiger charge is 2.37. The lowest BCUT2D eigenvalue weighted by atomic mass is 9.81. The van der Waals surface area contributed by atoms with Gasteiger partial charge in [-0.1, -0.05) is 19.4 Å². The quantitative estimate of drug-likeness (QED) is 0.719. The molecule has 0 aliphatic heterocycles. The maximum atomic E-state index is 12.7. The van der Waals surface area contributed by atoms with Crippen LogP contribution >= 0.6 is 0 Å². The molecule has 2 saturated carbocycles. The van der Waals surface area contributed by atoms with Gasteiger partial charge in [0.2, 0.25) is 11.8 Å². The molecule has 154 valence electrons. The lowest BCUT2D eigenvalue weighted by molar-refractivity contribution is -0.132. The zero-order chi connectivity index (χ0) is 19.9. The molecule has 0 radical (unpaired) electrons. The zero-order valence-corrected chi connectivity index (χ0v) is 17.1. The van der Waals surface area contributed by atoms with Crippen molar-refractivity contribution in [3.8, 4) is 0 Å². The number of ether oxygens (including phenoxy) is 1. The van der Waals surface area contributed by atoms with Gasteiger partial charge in [-0.2, -0.15) is 0 Å². The summed E-state index contributed by atoms with van der Waals surface area (Å²) in [5, 5.41) is 6.23. The maximum Gasteiger partial charge on any atom is 0.223 e. The lowest BCUT2D eigenvalue weighted by Crippen LogP contribution is -2.52. The van der Waals surface area contributed by atoms with Gasteiger partial charge < -0.3 is 15.4 Å². The van der Waals surface area contributed by atoms with E-state index in [-0.39, 0.29) is 35.8 Å². The minimum atomic E-state index is -0.0925. The van der Waals surface area contributed by atoms with Gasteiger partial charge in [0, 0.05) is 24.6 Å². The van der Waals surface area contributed by atoms with Crippen LogP contribution in [0.2, 0.25) is 0 Å². The van der Waals surface area contributed by atoms with Crippen LogP contribution < -0.4 is 10.6 Å². The highest BCUT2D eigenvalue weighted by Crippen LogP contribution is 2.30. The Kier molecular flexibility index (Phi) is 7.43. The number of rotatable bonds is 8. The molecule has 1 heterocycles. The Morgan fingerprint density at radius 2 is 2.00 bits per heavy atom. The molecule has 6 heteroatoms. The van der Waals surface area contributed by atoms with Crippen LogP contribution in [0.25, 0.3) is 0 Å². The van der Waals surface area contributed by atoms with Crippen LogP contribution in [0.15, 0.2) is 18.3 Å². The number of pyridine rings is 1. The topological polar surface area (TPSA) is 80.3 Å². The van der Waals surface area contributed by atoms with Gasteiger partial charge in [0.1, 0.15) is 0 Å². The molecule has 28 heavy (non-hydrogen) atoms. The van der Waals surface area contributed by atoms with Crippen molar-refractivity contribution >= 4 is 11.8 Å². The van der Waals surface area contributed by atoms with E-state index in [2.05, 4.69) is 22.5 Å². The molecule has 0 aromatic carbocycles. The number of amides is 2. The first kappa shape index (κ1) is 20.8. The van der Waals surface area contributed by atoms with E-state index >= 15 is 0 Å². The van der Waals surface area contributed by atoms with E-state index in [1.54, 1.807) is 6.20 Å². The third-order valence-electron chi connectivity index (χ3n) is 6.05. The Morgan fingerprint density at radius 3 is 2.68 bits per heavy atom. The molecule has 2 amide bonds. The lowest BCUT2D eigenvalue weighted by Gasteiger charge is -2.37. The van der Waals surface area contributed by atoms with Crippen LogP contribution in [-0.4, -0.2) is 35.6 Å². The van der Waals surface area contributed by atoms with Crippen LogP contribution in [0.1, 0.15) is 63.1 Å². The molecule has 6 nitrogen and oxygen atoms in total. The molecule has 3 atom stereocenters. The van der Waals surface area contributed by atoms with Crippen molar-refractivity contribution in [3.05, 3.63) is 29.6 Å². The Hall–Kier alpha value is -1.95. The predicted molar refractivity (Wildman–Crippen MR) is 107 cm³/mol. The molecule has 1 aromatic heterocycles. The van der Waals surface area contributed by atoms with Crippen molar-refractivity contribution < 1.29 is 14.3 Å². The van der Waals surface area contributed by atoms with E-state index in [1.165, 1.54) is 0 Å². The van der Waals surface area contributed by atoms with Crippen molar-refractivity contribution in [1.82, 2.24) is 15.6 Å². The van der Waals surface area contributed by atoms with E-state index in [0.717, 1.165) is 49.8 Å². The Labute approximate surface area is 167 Å². The van der Waals surface area contributed by atoms with Gasteiger partial charge in [0.15, 0.2) is 0 Å². The van der Waals surface area contributed by atoms with Gasteiger partial charge >= 0.3 is 0 Å². The van der Waals surface area contributed by atoms with Gasteiger partial charge in [-0.05, 0) is 57.1 Å². The van der Waals surface area contributed by atoms with Crippen LogP contribution in [0, 0.1) is 18.8 Å². The summed E-state index contributed by atoms with van der Waals surface area (Å²) in [6, 6.07) is 3.91. The Bertz CT molecular complexity index is 675. The summed E-state index contributed by atoms with van der Waals surface area (Å²) in [5.74, 6) is 0.311. The summed E-state index contributed by atoms with van der Waals surface area (Å²) in [5.41, 5.74) is 1.98. The first-order chi connectivity index (χ1) is 13.6. The zero-order valence-electron chi connectivity index (χ0n) is 17.1. The smallest absolute Gasteiger partial charge is 0.223 e. The molecule has 2 aliphatic carbocycles. The van der Waals surface area contributed by atoms with Crippen LogP contribution in [-0.2, 0) is 20.9 Å². The fourth-order valence-electron chi connectivity index (χ4n) is 3.98. The van der Waals surface area contributed by atoms with Gasteiger partial charge in [-0.3, -0.25) is 14.6 Å². The average molecular weight is 388 g/mol. The molecule has 2 aliphatic rings. The standard InChI is InChI=1S/C22H33N3O3/c1-3-12-28-20-13-17(9-10-18(20)25-22(27)16-7-4-8-16)21(26)24-14-19-15(2)6-5-11-23-19/h5-6,11,16-18,20H,3-4,7-10,12-14H2,1-2H3,(H,24,26)(H,25,27)/t17-,18+,20+/m0/s1. The second kappa shape index (κ2) is 10.0. The summed E-state index contributed by atoms with van der Waals surface area (Å²) < 4.78 is 6.03. The van der Waals surface area contributed by atoms with E-state index in [0.29, 0.717) is 19.6 Å². The van der Waals surface area contributed by atoms with Gasteiger partial charge in [0.25, 0.3) is 0 Å². The van der Waals surface area contributed by atoms with Gasteiger partial charge in [0.05, 0.1) is 24.4 Å². The highest BCUT2D eigenvalue weighted by atomic mass is 16.5. The summed E-state index contributed by atoms with van der Waals surface area (Å²) in [7, 11) is 0. The fourth-order valence-corrected chi connectivity index (χ4v) is 3.98. The number of carbonyl (C=O) groups is 2. The van der Waals surface area contributed by atoms with Crippen molar-refractivity contribution in [3.63, 3.8) is 0 Å². The summed E-state index contributed by atoms with van der Waals surface area (Å²) in [6.07, 6.45) is 7.94. The monoisotopic (exact) mass is 387 g/mol. The predicted octanol–water partition coefficient (Wildman–Crippen LogP) is 2.89. The first-order valence-corrected chi connectivity index (χ1v) is 10.7. The number of carbonyl (C=O) groups excluding carboxylic acids is 2. The molecule has 3 rings (SSSR count). The number of aryl methyl sites for hydroxylation is 1. The van der Waals surface area contributed by atoms with E-state index < -0.39 is 0 Å². The SMILES string of the molecule is CCCO[C@@H]1C[C@@H](C(=O)NCc2ncccc2C)CC[C@H]1NC(=O)C1CCC1. The van der Waals surface area contributed by atoms with Crippen LogP contribution in [0.3, 0.4) is 0 Å². The molecule has 2 fully saturated rings. The van der Waals surface area contributed by atoms with Gasteiger partial charge in [-0.15, -0.1) is 0 Å². The highest BCUT2D eigenvalue weighted by molar-refractivity contribution is 5.80. The second-order valence-corrected chi connectivity index (χ2v) is 8.15. The Morgan fingerprint density at radius 1 is 1.18 bits per heavy atom. The molecule has 0 saturated heterocycles. The number of hydrogen-bond acceptors (Lipinski definition) is 4. The normalized spacial score (nSPS) is 25.0. The molecular formula is C22H33N3O3. The summed E-state index contributed by atoms with van der Waals surface area (Å²) in [4.78, 5) is 29.4. The maximum absolute atomic E-state index is 12.7. The minimum Gasteiger partial charge on any atom is -0.376 e. The van der Waals surface area contributed by atoms with Crippen molar-refractivity contribution in [2.45, 2.75) is 77.5 Å². The largest absolute Gasteiger partial charge is 0.376 e. The molecule has 0 bridgehead atoms. The van der Waals surface area contributed by atoms with Crippen LogP contribution in [0.4, 0.5) is 0 Å². The van der Waals surface area contributed by atoms with Crippen molar-refractivity contribution in [2.75, 3.05) is 6.61 Å². The van der Waals surface area contributed by atoms with E-state index in [1.807, 2.05) is 19.1 Å². The molecular weight excluding hydrogens is 354 g/mol. The molecule has 0 unspecified atom stereocenters. The summed E-state index contributed by atoms with van der Waals surface area (Å²) >= 11 is 0. The molecule has 0 spiro atoms. The van der Waals surface area contributed by atoms with Gasteiger partial charge in [-0.25, -0.2) is 0 Å². The van der Waals surface area contributed by atoms with Crippen molar-refractivity contribution in [1.29, 1.82) is 0 Å². The van der Waals surface area contributed by atoms with Crippen LogP contribution in [0.5, 0.6) is 0 Å². The number of nitrogens with zero attached hydrogens (tertiary/aromatic N) is 1. The van der Waals surface area contributed by atoms with E-state index in [9.17, 15) is 9.59 Å². The average Bonchev–Trinajstić information content (AvgIpc) is 2.65.